The average molecular weight is 410 g/mol. The van der Waals surface area contributed by atoms with E-state index in [1.807, 2.05) is 48.5 Å². The Morgan fingerprint density at radius 1 is 0.793 bits per heavy atom. The lowest BCUT2D eigenvalue weighted by Crippen LogP contribution is -2.42. The highest BCUT2D eigenvalue weighted by atomic mass is 35.5. The zero-order valence-electron chi connectivity index (χ0n) is 17.4. The van der Waals surface area contributed by atoms with Crippen LogP contribution in [0.25, 0.3) is 0 Å². The molecule has 2 unspecified atom stereocenters. The van der Waals surface area contributed by atoms with Crippen LogP contribution in [0.15, 0.2) is 91.0 Å². The second-order valence-corrected chi connectivity index (χ2v) is 7.85. The van der Waals surface area contributed by atoms with Gasteiger partial charge in [0.05, 0.1) is 5.60 Å². The fourth-order valence-corrected chi connectivity index (χ4v) is 3.87. The summed E-state index contributed by atoms with van der Waals surface area (Å²) in [6, 6.07) is 31.0. The van der Waals surface area contributed by atoms with Crippen molar-refractivity contribution >= 4 is 12.4 Å². The third-order valence-corrected chi connectivity index (χ3v) is 5.62. The van der Waals surface area contributed by atoms with Crippen molar-refractivity contribution in [3.05, 3.63) is 108 Å². The summed E-state index contributed by atoms with van der Waals surface area (Å²) in [7, 11) is 2.15. The maximum atomic E-state index is 11.8. The van der Waals surface area contributed by atoms with Gasteiger partial charge in [0.2, 0.25) is 0 Å². The number of hydrogen-bond donors (Lipinski definition) is 1. The fraction of sp³-hybridized carbons (Fsp3) is 0.308. The minimum atomic E-state index is -0.899. The van der Waals surface area contributed by atoms with E-state index < -0.39 is 5.60 Å². The summed E-state index contributed by atoms with van der Waals surface area (Å²) in [5.74, 6) is 0.0934. The highest BCUT2D eigenvalue weighted by molar-refractivity contribution is 5.85. The number of rotatable bonds is 9. The Hall–Kier alpha value is -2.13. The first-order valence-corrected chi connectivity index (χ1v) is 10.1. The smallest absolute Gasteiger partial charge is 0.0974 e. The Balaban J connectivity index is 0.00000300. The van der Waals surface area contributed by atoms with Crippen LogP contribution in [-0.2, 0) is 18.4 Å². The summed E-state index contributed by atoms with van der Waals surface area (Å²) < 4.78 is 0. The van der Waals surface area contributed by atoms with Crippen molar-refractivity contribution in [2.24, 2.45) is 5.92 Å². The zero-order chi connectivity index (χ0) is 19.8. The Labute approximate surface area is 181 Å². The second kappa shape index (κ2) is 11.2. The molecule has 0 fully saturated rings. The summed E-state index contributed by atoms with van der Waals surface area (Å²) in [6.07, 6.45) is 1.64. The molecule has 0 saturated carbocycles. The van der Waals surface area contributed by atoms with E-state index in [0.29, 0.717) is 6.42 Å². The maximum absolute atomic E-state index is 11.8. The van der Waals surface area contributed by atoms with Gasteiger partial charge in [0.15, 0.2) is 0 Å². The lowest BCUT2D eigenvalue weighted by Gasteiger charge is -2.37. The van der Waals surface area contributed by atoms with Crippen LogP contribution in [0.5, 0.6) is 0 Å². The number of halogens is 1. The molecule has 3 heteroatoms. The van der Waals surface area contributed by atoms with Crippen molar-refractivity contribution in [2.45, 2.75) is 25.4 Å². The van der Waals surface area contributed by atoms with E-state index in [-0.39, 0.29) is 18.3 Å². The normalized spacial score (nSPS) is 14.1. The maximum Gasteiger partial charge on any atom is 0.0974 e. The average Bonchev–Trinajstić information content (AvgIpc) is 2.74. The molecule has 0 aromatic heterocycles. The van der Waals surface area contributed by atoms with Crippen LogP contribution in [0.2, 0.25) is 0 Å². The fourth-order valence-electron chi connectivity index (χ4n) is 3.87. The van der Waals surface area contributed by atoms with E-state index in [4.69, 9.17) is 0 Å². The molecule has 0 heterocycles. The van der Waals surface area contributed by atoms with Gasteiger partial charge < -0.3 is 10.0 Å². The first-order chi connectivity index (χ1) is 13.6. The van der Waals surface area contributed by atoms with Gasteiger partial charge >= 0.3 is 0 Å². The Morgan fingerprint density at radius 2 is 1.28 bits per heavy atom. The van der Waals surface area contributed by atoms with Gasteiger partial charge in [-0.15, -0.1) is 12.4 Å². The quantitative estimate of drug-likeness (QED) is 0.515. The number of hydrogen-bond acceptors (Lipinski definition) is 2. The van der Waals surface area contributed by atoms with Gasteiger partial charge in [0.25, 0.3) is 0 Å². The molecule has 0 bridgehead atoms. The van der Waals surface area contributed by atoms with Crippen molar-refractivity contribution < 1.29 is 5.11 Å². The third kappa shape index (κ3) is 6.43. The highest BCUT2D eigenvalue weighted by Crippen LogP contribution is 2.34. The van der Waals surface area contributed by atoms with E-state index >= 15 is 0 Å². The van der Waals surface area contributed by atoms with Crippen LogP contribution in [0.4, 0.5) is 0 Å². The van der Waals surface area contributed by atoms with E-state index in [2.05, 4.69) is 61.3 Å². The molecule has 0 aliphatic heterocycles. The molecule has 0 spiro atoms. The Bertz CT molecular complexity index is 825. The summed E-state index contributed by atoms with van der Waals surface area (Å²) in [4.78, 5) is 2.33. The largest absolute Gasteiger partial charge is 0.384 e. The van der Waals surface area contributed by atoms with Crippen molar-refractivity contribution in [1.29, 1.82) is 0 Å². The molecule has 29 heavy (non-hydrogen) atoms. The molecule has 2 nitrogen and oxygen atoms in total. The molecule has 3 aromatic rings. The molecule has 154 valence electrons. The van der Waals surface area contributed by atoms with Crippen LogP contribution in [0, 0.1) is 5.92 Å². The second-order valence-electron chi connectivity index (χ2n) is 7.85. The van der Waals surface area contributed by atoms with Gasteiger partial charge in [-0.25, -0.2) is 0 Å². The molecule has 3 aromatic carbocycles. The molecule has 1 N–H and O–H groups in total. The molecular weight excluding hydrogens is 378 g/mol. The van der Waals surface area contributed by atoms with Crippen LogP contribution in [0.1, 0.15) is 23.6 Å². The van der Waals surface area contributed by atoms with Crippen LogP contribution < -0.4 is 0 Å². The number of benzene rings is 3. The van der Waals surface area contributed by atoms with Crippen molar-refractivity contribution in [2.75, 3.05) is 20.1 Å². The van der Waals surface area contributed by atoms with E-state index in [1.165, 1.54) is 5.56 Å². The van der Waals surface area contributed by atoms with Crippen molar-refractivity contribution in [3.63, 3.8) is 0 Å². The topological polar surface area (TPSA) is 23.5 Å². The minimum absolute atomic E-state index is 0. The predicted octanol–water partition coefficient (Wildman–Crippen LogP) is 5.35. The van der Waals surface area contributed by atoms with Gasteiger partial charge in [-0.1, -0.05) is 97.9 Å². The molecule has 0 saturated heterocycles. The molecule has 0 aliphatic carbocycles. The molecule has 0 aliphatic rings. The van der Waals surface area contributed by atoms with Crippen LogP contribution >= 0.6 is 12.4 Å². The summed E-state index contributed by atoms with van der Waals surface area (Å²) >= 11 is 0. The van der Waals surface area contributed by atoms with Gasteiger partial charge in [-0.2, -0.15) is 0 Å². The summed E-state index contributed by atoms with van der Waals surface area (Å²) in [6.45, 7) is 3.98. The standard InChI is InChI=1S/C26H31NO.ClH/c1-22(21-27(2)19-18-23-12-6-3-7-13-23)26(28,25-16-10-5-11-17-25)20-24-14-8-4-9-15-24;/h3-17,22,28H,18-21H2,1-2H3;1H. The number of nitrogens with zero attached hydrogens (tertiary/aromatic N) is 1. The molecule has 3 rings (SSSR count). The van der Waals surface area contributed by atoms with Crippen molar-refractivity contribution in [1.82, 2.24) is 4.90 Å². The minimum Gasteiger partial charge on any atom is -0.384 e. The van der Waals surface area contributed by atoms with E-state index in [0.717, 1.165) is 30.6 Å². The van der Waals surface area contributed by atoms with Crippen LogP contribution in [0.3, 0.4) is 0 Å². The lowest BCUT2D eigenvalue weighted by molar-refractivity contribution is -0.0274. The van der Waals surface area contributed by atoms with E-state index in [9.17, 15) is 5.11 Å². The molecule has 0 amide bonds. The highest BCUT2D eigenvalue weighted by Gasteiger charge is 2.36. The van der Waals surface area contributed by atoms with Gasteiger partial charge in [-0.05, 0) is 30.2 Å². The molecular formula is C26H32ClNO. The van der Waals surface area contributed by atoms with Crippen molar-refractivity contribution in [3.8, 4) is 0 Å². The Morgan fingerprint density at radius 3 is 1.83 bits per heavy atom. The number of aliphatic hydroxyl groups is 1. The Kier molecular flexibility index (Phi) is 8.91. The number of likely N-dealkylation sites (N-methyl/N-ethyl adjacent to an activating group) is 1. The predicted molar refractivity (Wildman–Crippen MR) is 125 cm³/mol. The summed E-state index contributed by atoms with van der Waals surface area (Å²) in [5.41, 5.74) is 2.60. The first kappa shape index (κ1) is 23.2. The SMILES string of the molecule is CC(CN(C)CCc1ccccc1)C(O)(Cc1ccccc1)c1ccccc1.Cl. The van der Waals surface area contributed by atoms with Gasteiger partial charge in [0.1, 0.15) is 0 Å². The van der Waals surface area contributed by atoms with E-state index in [1.54, 1.807) is 0 Å². The third-order valence-electron chi connectivity index (χ3n) is 5.62. The monoisotopic (exact) mass is 409 g/mol. The zero-order valence-corrected chi connectivity index (χ0v) is 18.2. The van der Waals surface area contributed by atoms with Gasteiger partial charge in [0, 0.05) is 25.4 Å². The first-order valence-electron chi connectivity index (χ1n) is 10.1. The van der Waals surface area contributed by atoms with Gasteiger partial charge in [-0.3, -0.25) is 0 Å². The summed E-state index contributed by atoms with van der Waals surface area (Å²) in [5, 5.41) is 11.8. The molecule has 2 atom stereocenters. The van der Waals surface area contributed by atoms with Crippen LogP contribution in [-0.4, -0.2) is 30.1 Å². The molecule has 0 radical (unpaired) electrons. The lowest BCUT2D eigenvalue weighted by atomic mass is 9.77.